The highest BCUT2D eigenvalue weighted by molar-refractivity contribution is 5.68. The van der Waals surface area contributed by atoms with E-state index < -0.39 is 11.7 Å². The van der Waals surface area contributed by atoms with Gasteiger partial charge in [-0.25, -0.2) is 4.79 Å². The number of carbonyl (C=O) groups excluding carboxylic acids is 1. The quantitative estimate of drug-likeness (QED) is 0.828. The molecule has 4 heteroatoms. The maximum Gasteiger partial charge on any atom is 0.410 e. The Labute approximate surface area is 104 Å². The van der Waals surface area contributed by atoms with Crippen LogP contribution in [0.4, 0.5) is 4.79 Å². The SMILES string of the molecule is CC(O)CN(C(=O)OC(C)(C)C)C1CCCC1. The van der Waals surface area contributed by atoms with Crippen LogP contribution < -0.4 is 0 Å². The van der Waals surface area contributed by atoms with E-state index >= 15 is 0 Å². The molecule has 1 N–H and O–H groups in total. The molecule has 0 bridgehead atoms. The lowest BCUT2D eigenvalue weighted by atomic mass is 10.2. The van der Waals surface area contributed by atoms with Gasteiger partial charge in [-0.1, -0.05) is 12.8 Å². The average molecular weight is 243 g/mol. The van der Waals surface area contributed by atoms with Crippen molar-refractivity contribution in [3.05, 3.63) is 0 Å². The van der Waals surface area contributed by atoms with Crippen LogP contribution in [0.25, 0.3) is 0 Å². The number of hydrogen-bond acceptors (Lipinski definition) is 3. The molecule has 0 aromatic rings. The Morgan fingerprint density at radius 2 is 1.94 bits per heavy atom. The monoisotopic (exact) mass is 243 g/mol. The summed E-state index contributed by atoms with van der Waals surface area (Å²) in [6.45, 7) is 7.65. The summed E-state index contributed by atoms with van der Waals surface area (Å²) < 4.78 is 5.39. The average Bonchev–Trinajstić information content (AvgIpc) is 2.63. The highest BCUT2D eigenvalue weighted by Crippen LogP contribution is 2.25. The largest absolute Gasteiger partial charge is 0.444 e. The molecule has 1 aliphatic rings. The minimum atomic E-state index is -0.511. The van der Waals surface area contributed by atoms with Gasteiger partial charge in [0, 0.05) is 12.6 Å². The molecule has 100 valence electrons. The maximum atomic E-state index is 12.1. The first-order valence-electron chi connectivity index (χ1n) is 6.47. The van der Waals surface area contributed by atoms with Crippen LogP contribution in [0.3, 0.4) is 0 Å². The van der Waals surface area contributed by atoms with E-state index in [9.17, 15) is 9.90 Å². The Morgan fingerprint density at radius 3 is 2.35 bits per heavy atom. The van der Waals surface area contributed by atoms with Gasteiger partial charge in [0.25, 0.3) is 0 Å². The fourth-order valence-corrected chi connectivity index (χ4v) is 2.19. The molecule has 1 atom stereocenters. The van der Waals surface area contributed by atoms with Crippen molar-refractivity contribution in [2.45, 2.75) is 71.1 Å². The Morgan fingerprint density at radius 1 is 1.41 bits per heavy atom. The van der Waals surface area contributed by atoms with Crippen molar-refractivity contribution in [1.82, 2.24) is 4.90 Å². The second kappa shape index (κ2) is 5.71. The molecule has 0 radical (unpaired) electrons. The van der Waals surface area contributed by atoms with Gasteiger partial charge in [-0.15, -0.1) is 0 Å². The van der Waals surface area contributed by atoms with E-state index in [-0.39, 0.29) is 12.1 Å². The molecule has 1 aliphatic carbocycles. The van der Waals surface area contributed by atoms with Crippen molar-refractivity contribution in [3.63, 3.8) is 0 Å². The van der Waals surface area contributed by atoms with Gasteiger partial charge < -0.3 is 14.7 Å². The first-order valence-corrected chi connectivity index (χ1v) is 6.47. The van der Waals surface area contributed by atoms with Gasteiger partial charge in [-0.3, -0.25) is 0 Å². The van der Waals surface area contributed by atoms with Crippen molar-refractivity contribution >= 4 is 6.09 Å². The van der Waals surface area contributed by atoms with Gasteiger partial charge in [0.1, 0.15) is 5.60 Å². The second-order valence-corrected chi connectivity index (χ2v) is 5.92. The molecule has 0 saturated heterocycles. The lowest BCUT2D eigenvalue weighted by molar-refractivity contribution is 0.00621. The van der Waals surface area contributed by atoms with Gasteiger partial charge in [0.2, 0.25) is 0 Å². The summed E-state index contributed by atoms with van der Waals surface area (Å²) in [4.78, 5) is 13.8. The van der Waals surface area contributed by atoms with Crippen molar-refractivity contribution in [1.29, 1.82) is 0 Å². The van der Waals surface area contributed by atoms with Crippen LogP contribution in [-0.2, 0) is 4.74 Å². The van der Waals surface area contributed by atoms with E-state index in [1.54, 1.807) is 11.8 Å². The van der Waals surface area contributed by atoms with Crippen LogP contribution in [-0.4, -0.2) is 40.4 Å². The molecular weight excluding hydrogens is 218 g/mol. The fourth-order valence-electron chi connectivity index (χ4n) is 2.19. The smallest absolute Gasteiger partial charge is 0.410 e. The zero-order valence-electron chi connectivity index (χ0n) is 11.4. The van der Waals surface area contributed by atoms with Gasteiger partial charge in [0.15, 0.2) is 0 Å². The topological polar surface area (TPSA) is 49.8 Å². The van der Waals surface area contributed by atoms with Crippen LogP contribution in [0.1, 0.15) is 53.4 Å². The third-order valence-electron chi connectivity index (χ3n) is 2.85. The van der Waals surface area contributed by atoms with E-state index in [1.165, 1.54) is 0 Å². The van der Waals surface area contributed by atoms with E-state index in [2.05, 4.69) is 0 Å². The Kier molecular flexibility index (Phi) is 4.80. The first kappa shape index (κ1) is 14.3. The highest BCUT2D eigenvalue weighted by Gasteiger charge is 2.30. The van der Waals surface area contributed by atoms with Gasteiger partial charge in [0.05, 0.1) is 6.10 Å². The molecule has 1 fully saturated rings. The second-order valence-electron chi connectivity index (χ2n) is 5.92. The third-order valence-corrected chi connectivity index (χ3v) is 2.85. The first-order chi connectivity index (χ1) is 7.79. The van der Waals surface area contributed by atoms with Crippen LogP contribution in [0.2, 0.25) is 0 Å². The molecule has 0 aromatic carbocycles. The molecule has 1 unspecified atom stereocenters. The predicted octanol–water partition coefficient (Wildman–Crippen LogP) is 2.55. The van der Waals surface area contributed by atoms with E-state index in [0.29, 0.717) is 6.54 Å². The molecule has 17 heavy (non-hydrogen) atoms. The summed E-state index contributed by atoms with van der Waals surface area (Å²) in [5.41, 5.74) is -0.480. The van der Waals surface area contributed by atoms with E-state index in [0.717, 1.165) is 25.7 Å². The number of rotatable bonds is 3. The Balaban J connectivity index is 2.64. The Hall–Kier alpha value is -0.770. The summed E-state index contributed by atoms with van der Waals surface area (Å²) in [5, 5.41) is 9.48. The lowest BCUT2D eigenvalue weighted by Gasteiger charge is -2.32. The number of carbonyl (C=O) groups is 1. The Bertz CT molecular complexity index is 252. The molecule has 1 saturated carbocycles. The molecule has 4 nitrogen and oxygen atoms in total. The van der Waals surface area contributed by atoms with Crippen LogP contribution in [0.5, 0.6) is 0 Å². The van der Waals surface area contributed by atoms with Crippen LogP contribution in [0.15, 0.2) is 0 Å². The molecule has 0 spiro atoms. The minimum absolute atomic E-state index is 0.236. The third kappa shape index (κ3) is 4.94. The summed E-state index contributed by atoms with van der Waals surface area (Å²) >= 11 is 0. The van der Waals surface area contributed by atoms with E-state index in [1.807, 2.05) is 20.8 Å². The lowest BCUT2D eigenvalue weighted by Crippen LogP contribution is -2.45. The van der Waals surface area contributed by atoms with Gasteiger partial charge >= 0.3 is 6.09 Å². The summed E-state index contributed by atoms with van der Waals surface area (Å²) in [5.74, 6) is 0. The summed E-state index contributed by atoms with van der Waals surface area (Å²) in [7, 11) is 0. The predicted molar refractivity (Wildman–Crippen MR) is 66.9 cm³/mol. The van der Waals surface area contributed by atoms with Crippen molar-refractivity contribution < 1.29 is 14.6 Å². The van der Waals surface area contributed by atoms with Crippen LogP contribution in [0, 0.1) is 0 Å². The highest BCUT2D eigenvalue weighted by atomic mass is 16.6. The number of nitrogens with zero attached hydrogens (tertiary/aromatic N) is 1. The molecule has 1 amide bonds. The van der Waals surface area contributed by atoms with Crippen molar-refractivity contribution in [3.8, 4) is 0 Å². The van der Waals surface area contributed by atoms with Crippen molar-refractivity contribution in [2.75, 3.05) is 6.54 Å². The molecule has 0 aliphatic heterocycles. The number of aliphatic hydroxyl groups excluding tert-OH is 1. The van der Waals surface area contributed by atoms with Gasteiger partial charge in [-0.05, 0) is 40.5 Å². The summed E-state index contributed by atoms with van der Waals surface area (Å²) in [6, 6.07) is 0.236. The van der Waals surface area contributed by atoms with Crippen molar-refractivity contribution in [2.24, 2.45) is 0 Å². The molecule has 0 heterocycles. The molecular formula is C13H25NO3. The fraction of sp³-hybridized carbons (Fsp3) is 0.923. The number of hydrogen-bond donors (Lipinski definition) is 1. The number of aliphatic hydroxyl groups is 1. The van der Waals surface area contributed by atoms with Crippen LogP contribution >= 0.6 is 0 Å². The normalized spacial score (nSPS) is 19.1. The van der Waals surface area contributed by atoms with E-state index in [4.69, 9.17) is 4.74 Å². The maximum absolute atomic E-state index is 12.1. The minimum Gasteiger partial charge on any atom is -0.444 e. The standard InChI is InChI=1S/C13H25NO3/c1-10(15)9-14(11-7-5-6-8-11)12(16)17-13(2,3)4/h10-11,15H,5-9H2,1-4H3. The number of ether oxygens (including phenoxy) is 1. The number of amides is 1. The molecule has 1 rings (SSSR count). The van der Waals surface area contributed by atoms with Gasteiger partial charge in [-0.2, -0.15) is 0 Å². The zero-order chi connectivity index (χ0) is 13.1. The zero-order valence-corrected chi connectivity index (χ0v) is 11.4. The summed E-state index contributed by atoms with van der Waals surface area (Å²) in [6.07, 6.45) is 3.54. The molecule has 0 aromatic heterocycles.